The van der Waals surface area contributed by atoms with Crippen LogP contribution in [0.25, 0.3) is 0 Å². The first kappa shape index (κ1) is 23.9. The molecule has 2 aromatic carbocycles. The Labute approximate surface area is 176 Å². The van der Waals surface area contributed by atoms with Gasteiger partial charge < -0.3 is 10.6 Å². The molecule has 0 amide bonds. The molecular formula is C19H25Cl2FN4O2. The van der Waals surface area contributed by atoms with Crippen LogP contribution in [0, 0.1) is 22.9 Å². The van der Waals surface area contributed by atoms with Crippen LogP contribution in [0.1, 0.15) is 17.5 Å². The Morgan fingerprint density at radius 3 is 2.57 bits per heavy atom. The highest BCUT2D eigenvalue weighted by Gasteiger charge is 2.23. The minimum atomic E-state index is -0.350. The van der Waals surface area contributed by atoms with E-state index in [9.17, 15) is 14.5 Å². The fourth-order valence-corrected chi connectivity index (χ4v) is 3.36. The molecule has 0 aromatic heterocycles. The van der Waals surface area contributed by atoms with Gasteiger partial charge in [-0.2, -0.15) is 0 Å². The third-order valence-electron chi connectivity index (χ3n) is 4.78. The van der Waals surface area contributed by atoms with Crippen LogP contribution < -0.4 is 10.6 Å². The normalized spacial score (nSPS) is 14.6. The van der Waals surface area contributed by atoms with Gasteiger partial charge in [0.1, 0.15) is 11.5 Å². The Bertz CT molecular complexity index is 823. The molecule has 154 valence electrons. The summed E-state index contributed by atoms with van der Waals surface area (Å²) in [5.74, 6) is -0.232. The number of hydrogen-bond donors (Lipinski definition) is 1. The van der Waals surface area contributed by atoms with Crippen molar-refractivity contribution in [3.63, 3.8) is 0 Å². The second-order valence-electron chi connectivity index (χ2n) is 6.70. The molecule has 1 heterocycles. The molecule has 0 aliphatic carbocycles. The van der Waals surface area contributed by atoms with Crippen molar-refractivity contribution in [2.45, 2.75) is 19.9 Å². The van der Waals surface area contributed by atoms with E-state index in [1.54, 1.807) is 31.2 Å². The number of rotatable bonds is 4. The first-order chi connectivity index (χ1) is 12.4. The van der Waals surface area contributed by atoms with Gasteiger partial charge in [-0.3, -0.25) is 15.0 Å². The average molecular weight is 431 g/mol. The summed E-state index contributed by atoms with van der Waals surface area (Å²) in [7, 11) is 0. The lowest BCUT2D eigenvalue weighted by atomic mass is 10.1. The smallest absolute Gasteiger partial charge is 0.292 e. The second kappa shape index (κ2) is 10.5. The highest BCUT2D eigenvalue weighted by atomic mass is 35.5. The van der Waals surface area contributed by atoms with Gasteiger partial charge in [-0.25, -0.2) is 4.39 Å². The number of anilines is 2. The number of nitro benzene ring substituents is 1. The molecule has 1 aliphatic rings. The van der Waals surface area contributed by atoms with Crippen LogP contribution in [0.5, 0.6) is 0 Å². The number of nitrogen functional groups attached to an aromatic ring is 1. The molecule has 6 nitrogen and oxygen atoms in total. The minimum Gasteiger partial charge on any atom is -0.398 e. The summed E-state index contributed by atoms with van der Waals surface area (Å²) >= 11 is 0. The largest absolute Gasteiger partial charge is 0.398 e. The lowest BCUT2D eigenvalue weighted by molar-refractivity contribution is -0.384. The van der Waals surface area contributed by atoms with Gasteiger partial charge in [-0.15, -0.1) is 24.8 Å². The summed E-state index contributed by atoms with van der Waals surface area (Å²) in [4.78, 5) is 15.4. The zero-order chi connectivity index (χ0) is 18.7. The summed E-state index contributed by atoms with van der Waals surface area (Å²) in [6.45, 7) is 5.45. The van der Waals surface area contributed by atoms with Crippen LogP contribution in [0.4, 0.5) is 21.5 Å². The van der Waals surface area contributed by atoms with Crippen LogP contribution in [-0.2, 0) is 6.54 Å². The highest BCUT2D eigenvalue weighted by molar-refractivity contribution is 5.85. The van der Waals surface area contributed by atoms with Gasteiger partial charge in [0.15, 0.2) is 0 Å². The van der Waals surface area contributed by atoms with E-state index in [2.05, 4.69) is 4.90 Å². The van der Waals surface area contributed by atoms with Crippen molar-refractivity contribution in [2.75, 3.05) is 36.8 Å². The molecule has 3 rings (SSSR count). The van der Waals surface area contributed by atoms with Gasteiger partial charge in [-0.1, -0.05) is 12.1 Å². The molecule has 0 spiro atoms. The quantitative estimate of drug-likeness (QED) is 0.447. The summed E-state index contributed by atoms with van der Waals surface area (Å²) in [6.07, 6.45) is 0.875. The van der Waals surface area contributed by atoms with E-state index >= 15 is 0 Å². The van der Waals surface area contributed by atoms with Crippen molar-refractivity contribution >= 4 is 41.9 Å². The number of aryl methyl sites for hydroxylation is 1. The summed E-state index contributed by atoms with van der Waals surface area (Å²) in [6, 6.07) is 9.86. The first-order valence-electron chi connectivity index (χ1n) is 8.70. The van der Waals surface area contributed by atoms with E-state index in [0.717, 1.165) is 31.6 Å². The van der Waals surface area contributed by atoms with E-state index in [1.165, 1.54) is 6.07 Å². The molecule has 0 bridgehead atoms. The lowest BCUT2D eigenvalue weighted by Crippen LogP contribution is -2.31. The molecule has 0 atom stereocenters. The van der Waals surface area contributed by atoms with Gasteiger partial charge in [0.25, 0.3) is 5.69 Å². The molecule has 0 radical (unpaired) electrons. The van der Waals surface area contributed by atoms with E-state index in [4.69, 9.17) is 5.73 Å². The molecule has 2 aromatic rings. The average Bonchev–Trinajstić information content (AvgIpc) is 2.82. The van der Waals surface area contributed by atoms with Crippen molar-refractivity contribution in [1.82, 2.24) is 4.90 Å². The van der Waals surface area contributed by atoms with E-state index in [-0.39, 0.29) is 41.2 Å². The molecule has 1 aliphatic heterocycles. The fraction of sp³-hybridized carbons (Fsp3) is 0.368. The van der Waals surface area contributed by atoms with Crippen molar-refractivity contribution in [3.05, 3.63) is 63.5 Å². The summed E-state index contributed by atoms with van der Waals surface area (Å²) < 4.78 is 13.4. The molecule has 2 N–H and O–H groups in total. The molecule has 1 fully saturated rings. The van der Waals surface area contributed by atoms with Gasteiger partial charge in [-0.05, 0) is 42.7 Å². The molecular weight excluding hydrogens is 406 g/mol. The Kier molecular flexibility index (Phi) is 8.94. The van der Waals surface area contributed by atoms with Crippen LogP contribution in [0.3, 0.4) is 0 Å². The molecule has 0 saturated carbocycles. The van der Waals surface area contributed by atoms with Crippen molar-refractivity contribution in [2.24, 2.45) is 0 Å². The van der Waals surface area contributed by atoms with Gasteiger partial charge in [0, 0.05) is 44.5 Å². The van der Waals surface area contributed by atoms with Crippen LogP contribution in [0.15, 0.2) is 36.4 Å². The van der Waals surface area contributed by atoms with E-state index in [0.29, 0.717) is 30.0 Å². The first-order valence-corrected chi connectivity index (χ1v) is 8.70. The summed E-state index contributed by atoms with van der Waals surface area (Å²) in [5, 5.41) is 11.4. The monoisotopic (exact) mass is 430 g/mol. The number of nitro groups is 1. The second-order valence-corrected chi connectivity index (χ2v) is 6.70. The van der Waals surface area contributed by atoms with Crippen molar-refractivity contribution in [3.8, 4) is 0 Å². The predicted octanol–water partition coefficient (Wildman–Crippen LogP) is 4.18. The van der Waals surface area contributed by atoms with Crippen LogP contribution in [-0.4, -0.2) is 36.0 Å². The maximum atomic E-state index is 13.4. The third-order valence-corrected chi connectivity index (χ3v) is 4.78. The molecule has 9 heteroatoms. The van der Waals surface area contributed by atoms with Crippen LogP contribution >= 0.6 is 24.8 Å². The Hall–Kier alpha value is -2.09. The Balaban J connectivity index is 0.00000196. The highest BCUT2D eigenvalue weighted by Crippen LogP contribution is 2.33. The van der Waals surface area contributed by atoms with Gasteiger partial charge in [0.05, 0.1) is 4.92 Å². The Morgan fingerprint density at radius 1 is 1.14 bits per heavy atom. The molecule has 1 saturated heterocycles. The fourth-order valence-electron chi connectivity index (χ4n) is 3.36. The van der Waals surface area contributed by atoms with Gasteiger partial charge in [0.2, 0.25) is 0 Å². The standard InChI is InChI=1S/C19H23FN4O2.2ClH/c1-14-10-19(24(25)26)18(12-17(14)21)23-7-3-6-22(8-9-23)13-15-4-2-5-16(20)11-15;;/h2,4-5,10-12H,3,6-9,13,21H2,1H3;2*1H. The maximum absolute atomic E-state index is 13.4. The maximum Gasteiger partial charge on any atom is 0.292 e. The number of halogens is 3. The SMILES string of the molecule is Cc1cc([N+](=O)[O-])c(N2CCCN(Cc3cccc(F)c3)CC2)cc1N.Cl.Cl. The zero-order valence-electron chi connectivity index (χ0n) is 15.6. The van der Waals surface area contributed by atoms with Crippen LogP contribution in [0.2, 0.25) is 0 Å². The number of nitrogens with zero attached hydrogens (tertiary/aromatic N) is 3. The third kappa shape index (κ3) is 5.70. The number of nitrogens with two attached hydrogens (primary N) is 1. The van der Waals surface area contributed by atoms with E-state index < -0.39 is 0 Å². The van der Waals surface area contributed by atoms with Crippen molar-refractivity contribution < 1.29 is 9.31 Å². The number of hydrogen-bond acceptors (Lipinski definition) is 5. The van der Waals surface area contributed by atoms with Crippen molar-refractivity contribution in [1.29, 1.82) is 0 Å². The minimum absolute atomic E-state index is 0. The topological polar surface area (TPSA) is 75.6 Å². The molecule has 28 heavy (non-hydrogen) atoms. The zero-order valence-corrected chi connectivity index (χ0v) is 17.3. The van der Waals surface area contributed by atoms with E-state index in [1.807, 2.05) is 11.0 Å². The number of benzene rings is 2. The van der Waals surface area contributed by atoms with Gasteiger partial charge >= 0.3 is 0 Å². The Morgan fingerprint density at radius 2 is 1.89 bits per heavy atom. The molecule has 0 unspecified atom stereocenters. The lowest BCUT2D eigenvalue weighted by Gasteiger charge is -2.24. The summed E-state index contributed by atoms with van der Waals surface area (Å²) in [5.41, 5.74) is 8.86. The predicted molar refractivity (Wildman–Crippen MR) is 115 cm³/mol.